The number of thioether (sulfide) groups is 1. The number of rotatable bonds is 3. The Kier molecular flexibility index (Phi) is 3.94. The topological polar surface area (TPSA) is 34.1 Å². The van der Waals surface area contributed by atoms with Gasteiger partial charge >= 0.3 is 0 Å². The molecule has 0 fully saturated rings. The molecule has 1 heterocycles. The minimum absolute atomic E-state index is 0.0326. The summed E-state index contributed by atoms with van der Waals surface area (Å²) in [5, 5.41) is 0.422. The van der Waals surface area contributed by atoms with Gasteiger partial charge in [-0.2, -0.15) is 0 Å². The molecule has 1 aliphatic carbocycles. The van der Waals surface area contributed by atoms with Crippen molar-refractivity contribution >= 4 is 34.7 Å². The standard InChI is InChI=1S/C15H20O2S2/c1-8(2)18-14-12-10(13(19-14)9(3)16)6-15(4,5)7-11(12)17/h8H,6-7H2,1-5H3. The quantitative estimate of drug-likeness (QED) is 0.603. The molecule has 1 aromatic heterocycles. The number of carbonyl (C=O) groups excluding carboxylic acids is 2. The Labute approximate surface area is 123 Å². The molecule has 4 heteroatoms. The third-order valence-corrected chi connectivity index (χ3v) is 5.77. The van der Waals surface area contributed by atoms with Crippen LogP contribution in [-0.2, 0) is 6.42 Å². The van der Waals surface area contributed by atoms with E-state index in [9.17, 15) is 9.59 Å². The van der Waals surface area contributed by atoms with E-state index in [0.29, 0.717) is 11.7 Å². The van der Waals surface area contributed by atoms with Crippen molar-refractivity contribution in [3.8, 4) is 0 Å². The van der Waals surface area contributed by atoms with Gasteiger partial charge < -0.3 is 0 Å². The summed E-state index contributed by atoms with van der Waals surface area (Å²) in [4.78, 5) is 25.0. The van der Waals surface area contributed by atoms with Crippen LogP contribution in [0.4, 0.5) is 0 Å². The van der Waals surface area contributed by atoms with Gasteiger partial charge in [-0.15, -0.1) is 23.1 Å². The summed E-state index contributed by atoms with van der Waals surface area (Å²) >= 11 is 3.21. The van der Waals surface area contributed by atoms with Crippen LogP contribution in [0.15, 0.2) is 4.21 Å². The Morgan fingerprint density at radius 3 is 2.47 bits per heavy atom. The molecule has 2 rings (SSSR count). The average molecular weight is 296 g/mol. The van der Waals surface area contributed by atoms with Crippen molar-refractivity contribution in [2.75, 3.05) is 0 Å². The molecule has 19 heavy (non-hydrogen) atoms. The highest BCUT2D eigenvalue weighted by atomic mass is 32.2. The van der Waals surface area contributed by atoms with Gasteiger partial charge in [0.1, 0.15) is 0 Å². The Balaban J connectivity index is 2.57. The number of Topliss-reactive ketones (excluding diaryl/α,β-unsaturated/α-hetero) is 2. The molecule has 104 valence electrons. The lowest BCUT2D eigenvalue weighted by atomic mass is 9.74. The van der Waals surface area contributed by atoms with Gasteiger partial charge in [-0.25, -0.2) is 0 Å². The molecule has 0 spiro atoms. The van der Waals surface area contributed by atoms with Gasteiger partial charge in [0.05, 0.1) is 9.09 Å². The molecule has 0 aromatic carbocycles. The molecule has 0 N–H and O–H groups in total. The highest BCUT2D eigenvalue weighted by Crippen LogP contribution is 2.45. The minimum atomic E-state index is -0.0326. The second kappa shape index (κ2) is 5.06. The van der Waals surface area contributed by atoms with E-state index >= 15 is 0 Å². The molecule has 0 atom stereocenters. The van der Waals surface area contributed by atoms with Crippen molar-refractivity contribution in [2.24, 2.45) is 5.41 Å². The van der Waals surface area contributed by atoms with E-state index in [1.54, 1.807) is 18.7 Å². The predicted octanol–water partition coefficient (Wildman–Crippen LogP) is 4.61. The Morgan fingerprint density at radius 1 is 1.32 bits per heavy atom. The van der Waals surface area contributed by atoms with E-state index in [0.717, 1.165) is 26.6 Å². The zero-order valence-electron chi connectivity index (χ0n) is 12.1. The third-order valence-electron chi connectivity index (χ3n) is 3.21. The minimum Gasteiger partial charge on any atom is -0.294 e. The first kappa shape index (κ1) is 14.8. The molecule has 0 amide bonds. The maximum absolute atomic E-state index is 12.4. The van der Waals surface area contributed by atoms with Crippen LogP contribution < -0.4 is 0 Å². The molecule has 0 unspecified atom stereocenters. The van der Waals surface area contributed by atoms with Gasteiger partial charge in [0, 0.05) is 17.2 Å². The van der Waals surface area contributed by atoms with E-state index in [-0.39, 0.29) is 17.0 Å². The summed E-state index contributed by atoms with van der Waals surface area (Å²) in [5.41, 5.74) is 1.81. The molecule has 0 saturated carbocycles. The Morgan fingerprint density at radius 2 is 1.95 bits per heavy atom. The van der Waals surface area contributed by atoms with Crippen LogP contribution in [-0.4, -0.2) is 16.8 Å². The summed E-state index contributed by atoms with van der Waals surface area (Å²) < 4.78 is 1.04. The predicted molar refractivity (Wildman–Crippen MR) is 81.7 cm³/mol. The van der Waals surface area contributed by atoms with Crippen molar-refractivity contribution in [1.29, 1.82) is 0 Å². The van der Waals surface area contributed by atoms with Crippen molar-refractivity contribution < 1.29 is 9.59 Å². The lowest BCUT2D eigenvalue weighted by Gasteiger charge is -2.29. The van der Waals surface area contributed by atoms with Gasteiger partial charge in [0.2, 0.25) is 0 Å². The maximum atomic E-state index is 12.4. The Hall–Kier alpha value is -0.610. The SMILES string of the molecule is CC(=O)c1sc(SC(C)C)c2c1CC(C)(C)CC2=O. The summed E-state index contributed by atoms with van der Waals surface area (Å²) in [6.07, 6.45) is 1.41. The lowest BCUT2D eigenvalue weighted by Crippen LogP contribution is -2.27. The smallest absolute Gasteiger partial charge is 0.170 e. The van der Waals surface area contributed by atoms with E-state index in [4.69, 9.17) is 0 Å². The van der Waals surface area contributed by atoms with Crippen LogP contribution in [0.25, 0.3) is 0 Å². The van der Waals surface area contributed by atoms with Crippen LogP contribution >= 0.6 is 23.1 Å². The number of hydrogen-bond acceptors (Lipinski definition) is 4. The second-order valence-electron chi connectivity index (χ2n) is 6.24. The zero-order chi connectivity index (χ0) is 14.4. The first-order valence-corrected chi connectivity index (χ1v) is 8.27. The molecular weight excluding hydrogens is 276 g/mol. The molecule has 0 saturated heterocycles. The van der Waals surface area contributed by atoms with Crippen LogP contribution in [0.2, 0.25) is 0 Å². The normalized spacial score (nSPS) is 17.7. The largest absolute Gasteiger partial charge is 0.294 e. The molecule has 1 aliphatic rings. The number of carbonyl (C=O) groups is 2. The Bertz CT molecular complexity index is 539. The van der Waals surface area contributed by atoms with Crippen molar-refractivity contribution in [2.45, 2.75) is 56.9 Å². The fraction of sp³-hybridized carbons (Fsp3) is 0.600. The van der Waals surface area contributed by atoms with E-state index in [2.05, 4.69) is 27.7 Å². The van der Waals surface area contributed by atoms with Crippen LogP contribution in [0, 0.1) is 5.41 Å². The van der Waals surface area contributed by atoms with Gasteiger partial charge in [-0.05, 0) is 24.3 Å². The summed E-state index contributed by atoms with van der Waals surface area (Å²) in [7, 11) is 0. The zero-order valence-corrected chi connectivity index (χ0v) is 13.8. The molecule has 1 aromatic rings. The number of ketones is 2. The monoisotopic (exact) mass is 296 g/mol. The van der Waals surface area contributed by atoms with Gasteiger partial charge in [0.25, 0.3) is 0 Å². The molecule has 0 radical (unpaired) electrons. The first-order chi connectivity index (χ1) is 8.71. The van der Waals surface area contributed by atoms with Gasteiger partial charge in [-0.1, -0.05) is 27.7 Å². The highest BCUT2D eigenvalue weighted by Gasteiger charge is 2.36. The fourth-order valence-corrected chi connectivity index (χ4v) is 5.31. The summed E-state index contributed by atoms with van der Waals surface area (Å²) in [6, 6.07) is 0. The van der Waals surface area contributed by atoms with Gasteiger partial charge in [0.15, 0.2) is 11.6 Å². The van der Waals surface area contributed by atoms with E-state index < -0.39 is 0 Å². The van der Waals surface area contributed by atoms with Crippen molar-refractivity contribution in [3.05, 3.63) is 16.0 Å². The average Bonchev–Trinajstić information content (AvgIpc) is 2.53. The first-order valence-electron chi connectivity index (χ1n) is 6.58. The second-order valence-corrected chi connectivity index (χ2v) is 9.10. The molecule has 2 nitrogen and oxygen atoms in total. The van der Waals surface area contributed by atoms with Crippen LogP contribution in [0.1, 0.15) is 66.6 Å². The number of fused-ring (bicyclic) bond motifs is 1. The number of hydrogen-bond donors (Lipinski definition) is 0. The summed E-state index contributed by atoms with van der Waals surface area (Å²) in [5.74, 6) is 0.292. The third kappa shape index (κ3) is 2.95. The van der Waals surface area contributed by atoms with Gasteiger partial charge in [-0.3, -0.25) is 9.59 Å². The summed E-state index contributed by atoms with van der Waals surface area (Å²) in [6.45, 7) is 10.0. The molecule has 0 bridgehead atoms. The van der Waals surface area contributed by atoms with E-state index in [1.165, 1.54) is 11.3 Å². The fourth-order valence-electron chi connectivity index (χ4n) is 2.54. The van der Waals surface area contributed by atoms with Crippen LogP contribution in [0.3, 0.4) is 0 Å². The number of thiophene rings is 1. The molecule has 0 aliphatic heterocycles. The highest BCUT2D eigenvalue weighted by molar-refractivity contribution is 8.01. The van der Waals surface area contributed by atoms with Crippen LogP contribution in [0.5, 0.6) is 0 Å². The van der Waals surface area contributed by atoms with Crippen molar-refractivity contribution in [1.82, 2.24) is 0 Å². The van der Waals surface area contributed by atoms with E-state index in [1.807, 2.05) is 0 Å². The molecular formula is C15H20O2S2. The maximum Gasteiger partial charge on any atom is 0.170 e. The lowest BCUT2D eigenvalue weighted by molar-refractivity contribution is 0.0910. The van der Waals surface area contributed by atoms with Crippen molar-refractivity contribution in [3.63, 3.8) is 0 Å².